The number of nitrogens with two attached hydrogens (primary N) is 1. The first-order valence-corrected chi connectivity index (χ1v) is 5.87. The maximum Gasteiger partial charge on any atom is 0.135 e. The monoisotopic (exact) mass is 277 g/mol. The number of rotatable bonds is 2. The molecule has 0 aliphatic heterocycles. The molecule has 2 rings (SSSR count). The average Bonchev–Trinajstić information content (AvgIpc) is 2.30. The Balaban J connectivity index is 2.44. The largest absolute Gasteiger partial charge is 0.383 e. The third-order valence-corrected chi connectivity index (χ3v) is 2.87. The molecular formula is C12H12BrN3. The smallest absolute Gasteiger partial charge is 0.135 e. The fraction of sp³-hybridized carbons (Fsp3) is 0.167. The van der Waals surface area contributed by atoms with Crippen molar-refractivity contribution in [3.8, 4) is 11.1 Å². The van der Waals surface area contributed by atoms with Gasteiger partial charge in [0.05, 0.1) is 0 Å². The minimum absolute atomic E-state index is 0.536. The van der Waals surface area contributed by atoms with E-state index >= 15 is 0 Å². The van der Waals surface area contributed by atoms with Gasteiger partial charge in [-0.3, -0.25) is 0 Å². The van der Waals surface area contributed by atoms with Crippen LogP contribution in [0.5, 0.6) is 0 Å². The van der Waals surface area contributed by atoms with Gasteiger partial charge < -0.3 is 5.73 Å². The lowest BCUT2D eigenvalue weighted by atomic mass is 10.1. The molecule has 1 aromatic heterocycles. The number of hydrogen-bond donors (Lipinski definition) is 1. The number of nitrogens with zero attached hydrogens (tertiary/aromatic N) is 2. The first kappa shape index (κ1) is 11.1. The van der Waals surface area contributed by atoms with Crippen LogP contribution in [0.15, 0.2) is 34.9 Å². The summed E-state index contributed by atoms with van der Waals surface area (Å²) in [7, 11) is 0. The van der Waals surface area contributed by atoms with Crippen molar-refractivity contribution in [1.82, 2.24) is 9.97 Å². The summed E-state index contributed by atoms with van der Waals surface area (Å²) in [6.45, 7) is 2.01. The van der Waals surface area contributed by atoms with Gasteiger partial charge in [0.1, 0.15) is 11.6 Å². The molecule has 0 spiro atoms. The van der Waals surface area contributed by atoms with Crippen LogP contribution in [-0.4, -0.2) is 9.97 Å². The van der Waals surface area contributed by atoms with Crippen molar-refractivity contribution in [2.75, 3.05) is 5.73 Å². The second-order valence-corrected chi connectivity index (χ2v) is 4.36. The number of anilines is 1. The Hall–Kier alpha value is -1.42. The van der Waals surface area contributed by atoms with Gasteiger partial charge in [0.25, 0.3) is 0 Å². The molecule has 0 radical (unpaired) electrons. The number of aromatic nitrogens is 2. The number of nitrogen functional groups attached to an aromatic ring is 1. The van der Waals surface area contributed by atoms with Crippen molar-refractivity contribution >= 4 is 21.7 Å². The van der Waals surface area contributed by atoms with Crippen LogP contribution in [-0.2, 0) is 6.42 Å². The first-order chi connectivity index (χ1) is 7.70. The van der Waals surface area contributed by atoms with Gasteiger partial charge in [0.15, 0.2) is 0 Å². The summed E-state index contributed by atoms with van der Waals surface area (Å²) in [5.41, 5.74) is 7.81. The van der Waals surface area contributed by atoms with Crippen molar-refractivity contribution < 1.29 is 0 Å². The second kappa shape index (κ2) is 4.61. The second-order valence-electron chi connectivity index (χ2n) is 3.45. The highest BCUT2D eigenvalue weighted by Gasteiger charge is 2.05. The Morgan fingerprint density at radius 3 is 2.50 bits per heavy atom. The van der Waals surface area contributed by atoms with E-state index in [2.05, 4.69) is 25.9 Å². The molecule has 0 saturated heterocycles. The van der Waals surface area contributed by atoms with E-state index in [0.717, 1.165) is 27.8 Å². The van der Waals surface area contributed by atoms with E-state index < -0.39 is 0 Å². The summed E-state index contributed by atoms with van der Waals surface area (Å²) >= 11 is 3.40. The van der Waals surface area contributed by atoms with Crippen LogP contribution in [0.25, 0.3) is 11.1 Å². The molecule has 2 N–H and O–H groups in total. The molecule has 3 nitrogen and oxygen atoms in total. The summed E-state index contributed by atoms with van der Waals surface area (Å²) < 4.78 is 1.04. The minimum Gasteiger partial charge on any atom is -0.383 e. The van der Waals surface area contributed by atoms with E-state index in [9.17, 15) is 0 Å². The van der Waals surface area contributed by atoms with Crippen LogP contribution < -0.4 is 5.73 Å². The molecule has 0 atom stereocenters. The van der Waals surface area contributed by atoms with E-state index in [1.54, 1.807) is 6.20 Å². The molecule has 0 aliphatic rings. The summed E-state index contributed by atoms with van der Waals surface area (Å²) in [6.07, 6.45) is 2.58. The fourth-order valence-electron chi connectivity index (χ4n) is 1.46. The Kier molecular flexibility index (Phi) is 3.19. The Bertz CT molecular complexity index is 494. The van der Waals surface area contributed by atoms with Gasteiger partial charge in [0.2, 0.25) is 0 Å². The summed E-state index contributed by atoms with van der Waals surface area (Å²) in [6, 6.07) is 7.93. The van der Waals surface area contributed by atoms with Gasteiger partial charge in [-0.05, 0) is 17.7 Å². The Labute approximate surface area is 103 Å². The van der Waals surface area contributed by atoms with E-state index in [-0.39, 0.29) is 0 Å². The van der Waals surface area contributed by atoms with E-state index in [1.807, 2.05) is 31.2 Å². The standard InChI is InChI=1S/C12H12BrN3/c1-2-11-15-7-10(12(14)16-11)8-3-5-9(13)6-4-8/h3-7H,2H2,1H3,(H2,14,15,16). The molecule has 82 valence electrons. The van der Waals surface area contributed by atoms with Gasteiger partial charge >= 0.3 is 0 Å². The maximum absolute atomic E-state index is 5.90. The highest BCUT2D eigenvalue weighted by molar-refractivity contribution is 9.10. The molecule has 0 fully saturated rings. The number of benzene rings is 1. The lowest BCUT2D eigenvalue weighted by Crippen LogP contribution is -2.00. The summed E-state index contributed by atoms with van der Waals surface area (Å²) in [5.74, 6) is 1.31. The van der Waals surface area contributed by atoms with Gasteiger partial charge in [-0.2, -0.15) is 0 Å². The van der Waals surface area contributed by atoms with Crippen molar-refractivity contribution in [3.05, 3.63) is 40.8 Å². The molecule has 0 aliphatic carbocycles. The predicted octanol–water partition coefficient (Wildman–Crippen LogP) is 3.05. The molecule has 0 saturated carbocycles. The molecule has 1 aromatic carbocycles. The average molecular weight is 278 g/mol. The maximum atomic E-state index is 5.90. The normalized spacial score (nSPS) is 10.4. The van der Waals surface area contributed by atoms with Gasteiger partial charge in [0, 0.05) is 22.7 Å². The zero-order chi connectivity index (χ0) is 11.5. The molecule has 4 heteroatoms. The SMILES string of the molecule is CCc1ncc(-c2ccc(Br)cc2)c(N)n1. The third-order valence-electron chi connectivity index (χ3n) is 2.34. The van der Waals surface area contributed by atoms with Crippen LogP contribution in [0.4, 0.5) is 5.82 Å². The van der Waals surface area contributed by atoms with Gasteiger partial charge in [-0.15, -0.1) is 0 Å². The number of halogens is 1. The number of aryl methyl sites for hydroxylation is 1. The van der Waals surface area contributed by atoms with Crippen molar-refractivity contribution in [2.45, 2.75) is 13.3 Å². The molecule has 0 unspecified atom stereocenters. The third kappa shape index (κ3) is 2.22. The van der Waals surface area contributed by atoms with Crippen LogP contribution in [0.1, 0.15) is 12.7 Å². The zero-order valence-corrected chi connectivity index (χ0v) is 10.5. The molecule has 1 heterocycles. The van der Waals surface area contributed by atoms with Crippen LogP contribution in [0.2, 0.25) is 0 Å². The van der Waals surface area contributed by atoms with Crippen LogP contribution in [0.3, 0.4) is 0 Å². The quantitative estimate of drug-likeness (QED) is 0.918. The van der Waals surface area contributed by atoms with E-state index in [1.165, 1.54) is 0 Å². The van der Waals surface area contributed by atoms with Gasteiger partial charge in [-0.1, -0.05) is 35.0 Å². The lowest BCUT2D eigenvalue weighted by molar-refractivity contribution is 0.946. The van der Waals surface area contributed by atoms with Gasteiger partial charge in [-0.25, -0.2) is 9.97 Å². The molecule has 16 heavy (non-hydrogen) atoms. The predicted molar refractivity (Wildman–Crippen MR) is 69.0 cm³/mol. The van der Waals surface area contributed by atoms with E-state index in [0.29, 0.717) is 5.82 Å². The minimum atomic E-state index is 0.536. The Morgan fingerprint density at radius 1 is 1.25 bits per heavy atom. The van der Waals surface area contributed by atoms with Crippen molar-refractivity contribution in [1.29, 1.82) is 0 Å². The highest BCUT2D eigenvalue weighted by atomic mass is 79.9. The number of hydrogen-bond acceptors (Lipinski definition) is 3. The molecule has 2 aromatic rings. The fourth-order valence-corrected chi connectivity index (χ4v) is 1.72. The molecular weight excluding hydrogens is 266 g/mol. The van der Waals surface area contributed by atoms with E-state index in [4.69, 9.17) is 5.73 Å². The Morgan fingerprint density at radius 2 is 1.94 bits per heavy atom. The summed E-state index contributed by atoms with van der Waals surface area (Å²) in [4.78, 5) is 8.50. The van der Waals surface area contributed by atoms with Crippen LogP contribution in [0, 0.1) is 0 Å². The van der Waals surface area contributed by atoms with Crippen molar-refractivity contribution in [3.63, 3.8) is 0 Å². The van der Waals surface area contributed by atoms with Crippen molar-refractivity contribution in [2.24, 2.45) is 0 Å². The van der Waals surface area contributed by atoms with Crippen LogP contribution >= 0.6 is 15.9 Å². The highest BCUT2D eigenvalue weighted by Crippen LogP contribution is 2.25. The summed E-state index contributed by atoms with van der Waals surface area (Å²) in [5, 5.41) is 0. The topological polar surface area (TPSA) is 51.8 Å². The molecule has 0 amide bonds. The first-order valence-electron chi connectivity index (χ1n) is 5.08. The zero-order valence-electron chi connectivity index (χ0n) is 8.94. The molecule has 0 bridgehead atoms. The lowest BCUT2D eigenvalue weighted by Gasteiger charge is -2.05.